The largest absolute Gasteiger partial charge is 0.342 e. The van der Waals surface area contributed by atoms with Crippen LogP contribution in [0.5, 0.6) is 0 Å². The van der Waals surface area contributed by atoms with Crippen molar-refractivity contribution in [2.75, 3.05) is 26.2 Å². The highest BCUT2D eigenvalue weighted by Gasteiger charge is 2.30. The van der Waals surface area contributed by atoms with Crippen LogP contribution in [0, 0.1) is 11.8 Å². The van der Waals surface area contributed by atoms with Crippen molar-refractivity contribution in [2.24, 2.45) is 11.8 Å². The Hall–Kier alpha value is -1.99. The quantitative estimate of drug-likeness (QED) is 0.792. The number of amides is 1. The number of likely N-dealkylation sites (tertiary alicyclic amines) is 2. The van der Waals surface area contributed by atoms with E-state index in [4.69, 9.17) is 0 Å². The number of thiazole rings is 1. The molecule has 4 rings (SSSR count). The predicted molar refractivity (Wildman–Crippen MR) is 111 cm³/mol. The number of aromatic nitrogens is 2. The summed E-state index contributed by atoms with van der Waals surface area (Å²) in [6, 6.07) is 5.75. The molecule has 0 radical (unpaired) electrons. The van der Waals surface area contributed by atoms with Gasteiger partial charge in [-0.3, -0.25) is 24.0 Å². The van der Waals surface area contributed by atoms with Crippen molar-refractivity contribution in [1.29, 1.82) is 0 Å². The molecule has 0 saturated carbocycles. The molecule has 1 unspecified atom stereocenters. The first-order valence-corrected chi connectivity index (χ1v) is 11.1. The second kappa shape index (κ2) is 8.57. The van der Waals surface area contributed by atoms with Crippen LogP contribution in [-0.4, -0.2) is 51.4 Å². The first-order valence-electron chi connectivity index (χ1n) is 10.2. The highest BCUT2D eigenvalue weighted by molar-refractivity contribution is 7.07. The van der Waals surface area contributed by atoms with Gasteiger partial charge in [0.25, 0.3) is 0 Å². The molecule has 150 valence electrons. The number of hydrogen-bond donors (Lipinski definition) is 0. The number of carbonyl (C=O) groups excluding carboxylic acids is 1. The Kier molecular flexibility index (Phi) is 5.92. The van der Waals surface area contributed by atoms with Crippen LogP contribution in [0.3, 0.4) is 0 Å². The fraction of sp³-hybridized carbons (Fsp3) is 0.571. The van der Waals surface area contributed by atoms with Crippen molar-refractivity contribution >= 4 is 17.2 Å². The molecule has 28 heavy (non-hydrogen) atoms. The first kappa shape index (κ1) is 19.3. The SMILES string of the molecule is CC1CCCN(C(=O)C2CCN(Cn3c(-c4ccccn4)csc3=O)CC2)C1. The maximum Gasteiger partial charge on any atom is 0.308 e. The Morgan fingerprint density at radius 1 is 1.21 bits per heavy atom. The van der Waals surface area contributed by atoms with E-state index >= 15 is 0 Å². The Bertz CT molecular complexity index is 855. The van der Waals surface area contributed by atoms with Gasteiger partial charge < -0.3 is 4.90 Å². The summed E-state index contributed by atoms with van der Waals surface area (Å²) in [6.45, 7) is 6.33. The van der Waals surface area contributed by atoms with Crippen LogP contribution < -0.4 is 4.87 Å². The number of carbonyl (C=O) groups is 1. The summed E-state index contributed by atoms with van der Waals surface area (Å²) in [5.74, 6) is 1.09. The van der Waals surface area contributed by atoms with E-state index in [1.807, 2.05) is 28.1 Å². The lowest BCUT2D eigenvalue weighted by Gasteiger charge is -2.37. The summed E-state index contributed by atoms with van der Waals surface area (Å²) < 4.78 is 1.81. The molecule has 2 fully saturated rings. The lowest BCUT2D eigenvalue weighted by atomic mass is 9.93. The molecule has 4 heterocycles. The number of pyridine rings is 1. The molecule has 2 aliphatic rings. The molecule has 0 N–H and O–H groups in total. The molecular weight excluding hydrogens is 372 g/mol. The van der Waals surface area contributed by atoms with E-state index < -0.39 is 0 Å². The van der Waals surface area contributed by atoms with Crippen molar-refractivity contribution in [1.82, 2.24) is 19.4 Å². The van der Waals surface area contributed by atoms with Gasteiger partial charge in [-0.15, -0.1) is 0 Å². The number of piperidine rings is 2. The normalized spacial score (nSPS) is 21.8. The molecule has 1 atom stereocenters. The van der Waals surface area contributed by atoms with Crippen molar-refractivity contribution in [3.63, 3.8) is 0 Å². The summed E-state index contributed by atoms with van der Waals surface area (Å²) in [7, 11) is 0. The number of nitrogens with zero attached hydrogens (tertiary/aromatic N) is 4. The van der Waals surface area contributed by atoms with Crippen LogP contribution in [0.2, 0.25) is 0 Å². The van der Waals surface area contributed by atoms with Gasteiger partial charge in [0.15, 0.2) is 0 Å². The standard InChI is InChI=1S/C21H28N4O2S/c1-16-5-4-10-24(13-16)20(26)17-7-11-23(12-8-17)15-25-19(14-28-21(25)27)18-6-2-3-9-22-18/h2-3,6,9,14,16-17H,4-5,7-8,10-13,15H2,1H3. The van der Waals surface area contributed by atoms with Gasteiger partial charge in [-0.25, -0.2) is 0 Å². The maximum atomic E-state index is 12.9. The van der Waals surface area contributed by atoms with Gasteiger partial charge in [0, 0.05) is 43.7 Å². The van der Waals surface area contributed by atoms with Gasteiger partial charge in [0.2, 0.25) is 5.91 Å². The van der Waals surface area contributed by atoms with E-state index in [-0.39, 0.29) is 10.8 Å². The zero-order valence-electron chi connectivity index (χ0n) is 16.4. The smallest absolute Gasteiger partial charge is 0.308 e. The van der Waals surface area contributed by atoms with Crippen LogP contribution >= 0.6 is 11.3 Å². The predicted octanol–water partition coefficient (Wildman–Crippen LogP) is 2.90. The van der Waals surface area contributed by atoms with E-state index in [0.29, 0.717) is 18.5 Å². The fourth-order valence-corrected chi connectivity index (χ4v) is 5.09. The summed E-state index contributed by atoms with van der Waals surface area (Å²) >= 11 is 1.22. The van der Waals surface area contributed by atoms with E-state index in [2.05, 4.69) is 21.7 Å². The zero-order valence-corrected chi connectivity index (χ0v) is 17.2. The monoisotopic (exact) mass is 400 g/mol. The van der Waals surface area contributed by atoms with Gasteiger partial charge in [-0.05, 0) is 43.7 Å². The number of rotatable bonds is 4. The molecule has 7 heteroatoms. The van der Waals surface area contributed by atoms with Crippen LogP contribution in [-0.2, 0) is 11.5 Å². The minimum atomic E-state index is 0.0427. The van der Waals surface area contributed by atoms with Crippen LogP contribution in [0.25, 0.3) is 11.4 Å². The van der Waals surface area contributed by atoms with E-state index in [1.165, 1.54) is 17.8 Å². The van der Waals surface area contributed by atoms with Crippen LogP contribution in [0.15, 0.2) is 34.6 Å². The van der Waals surface area contributed by atoms with Crippen molar-refractivity contribution in [2.45, 2.75) is 39.3 Å². The van der Waals surface area contributed by atoms with Gasteiger partial charge in [-0.1, -0.05) is 24.3 Å². The third-order valence-electron chi connectivity index (χ3n) is 5.96. The minimum Gasteiger partial charge on any atom is -0.342 e. The lowest BCUT2D eigenvalue weighted by molar-refractivity contribution is -0.139. The van der Waals surface area contributed by atoms with Crippen molar-refractivity contribution < 1.29 is 4.79 Å². The molecule has 0 spiro atoms. The molecule has 2 aromatic rings. The number of hydrogen-bond acceptors (Lipinski definition) is 5. The highest BCUT2D eigenvalue weighted by atomic mass is 32.1. The second-order valence-electron chi connectivity index (χ2n) is 8.10. The molecular formula is C21H28N4O2S. The van der Waals surface area contributed by atoms with Gasteiger partial charge in [0.05, 0.1) is 18.1 Å². The summed E-state index contributed by atoms with van der Waals surface area (Å²) in [4.78, 5) is 34.0. The van der Waals surface area contributed by atoms with Gasteiger partial charge in [-0.2, -0.15) is 0 Å². The average Bonchev–Trinajstić information content (AvgIpc) is 3.09. The molecule has 1 amide bonds. The summed E-state index contributed by atoms with van der Waals surface area (Å²) in [5.41, 5.74) is 1.70. The summed E-state index contributed by atoms with van der Waals surface area (Å²) in [5, 5.41) is 1.89. The van der Waals surface area contributed by atoms with Gasteiger partial charge in [0.1, 0.15) is 0 Å². The molecule has 0 aromatic carbocycles. The lowest BCUT2D eigenvalue weighted by Crippen LogP contribution is -2.46. The molecule has 2 aliphatic heterocycles. The third kappa shape index (κ3) is 4.20. The molecule has 6 nitrogen and oxygen atoms in total. The Balaban J connectivity index is 1.37. The highest BCUT2D eigenvalue weighted by Crippen LogP contribution is 2.25. The summed E-state index contributed by atoms with van der Waals surface area (Å²) in [6.07, 6.45) is 5.86. The Morgan fingerprint density at radius 3 is 2.75 bits per heavy atom. The first-order chi connectivity index (χ1) is 13.6. The molecule has 0 aliphatic carbocycles. The van der Waals surface area contributed by atoms with Crippen LogP contribution in [0.1, 0.15) is 32.6 Å². The van der Waals surface area contributed by atoms with Gasteiger partial charge >= 0.3 is 4.87 Å². The average molecular weight is 401 g/mol. The topological polar surface area (TPSA) is 58.4 Å². The molecule has 2 aromatic heterocycles. The van der Waals surface area contributed by atoms with Crippen molar-refractivity contribution in [3.05, 3.63) is 39.4 Å². The maximum absolute atomic E-state index is 12.9. The third-order valence-corrected chi connectivity index (χ3v) is 6.72. The fourth-order valence-electron chi connectivity index (χ4n) is 4.35. The zero-order chi connectivity index (χ0) is 19.5. The van der Waals surface area contributed by atoms with Crippen molar-refractivity contribution in [3.8, 4) is 11.4 Å². The Labute approximate surface area is 169 Å². The Morgan fingerprint density at radius 2 is 2.04 bits per heavy atom. The van der Waals surface area contributed by atoms with E-state index in [1.54, 1.807) is 6.20 Å². The molecule has 2 saturated heterocycles. The van der Waals surface area contributed by atoms with E-state index in [9.17, 15) is 9.59 Å². The minimum absolute atomic E-state index is 0.0427. The molecule has 0 bridgehead atoms. The second-order valence-corrected chi connectivity index (χ2v) is 8.92. The van der Waals surface area contributed by atoms with E-state index in [0.717, 1.165) is 56.8 Å². The van der Waals surface area contributed by atoms with Crippen LogP contribution in [0.4, 0.5) is 0 Å².